The fourth-order valence-corrected chi connectivity index (χ4v) is 6.18. The maximum Gasteiger partial charge on any atom is 0.374 e. The number of aryl methyl sites for hydroxylation is 1. The van der Waals surface area contributed by atoms with Crippen molar-refractivity contribution in [2.24, 2.45) is 0 Å². The van der Waals surface area contributed by atoms with E-state index >= 15 is 0 Å². The molecular formula is C35H38ClN3O6S. The number of fused-ring (bicyclic) bond motifs is 2. The molecule has 242 valence electrons. The zero-order chi connectivity index (χ0) is 32.8. The minimum atomic E-state index is -4.38. The average Bonchev–Trinajstić information content (AvgIpc) is 3.56. The van der Waals surface area contributed by atoms with E-state index < -0.39 is 21.9 Å². The van der Waals surface area contributed by atoms with Crippen LogP contribution in [0.2, 0.25) is 5.02 Å². The molecule has 3 aromatic carbocycles. The van der Waals surface area contributed by atoms with E-state index in [0.29, 0.717) is 53.2 Å². The number of anilines is 1. The van der Waals surface area contributed by atoms with Crippen LogP contribution in [0, 0.1) is 0 Å². The average molecular weight is 664 g/mol. The van der Waals surface area contributed by atoms with Gasteiger partial charge in [0, 0.05) is 35.9 Å². The third-order valence-corrected chi connectivity index (χ3v) is 8.85. The Bertz CT molecular complexity index is 1890. The number of carbonyl (C=O) groups is 1. The fraction of sp³-hybridized carbons (Fsp3) is 0.314. The van der Waals surface area contributed by atoms with Gasteiger partial charge in [-0.25, -0.2) is 8.42 Å². The lowest BCUT2D eigenvalue weighted by atomic mass is 10.1. The Kier molecular flexibility index (Phi) is 10.5. The number of nitrogens with zero attached hydrogens (tertiary/aromatic N) is 2. The number of rotatable bonds is 13. The zero-order valence-electron chi connectivity index (χ0n) is 26.2. The molecule has 1 amide bonds. The second-order valence-electron chi connectivity index (χ2n) is 11.1. The summed E-state index contributed by atoms with van der Waals surface area (Å²) < 4.78 is 48.8. The number of carbonyl (C=O) groups excluding carboxylic acids is 1. The molecule has 0 radical (unpaired) electrons. The van der Waals surface area contributed by atoms with Gasteiger partial charge in [0.05, 0.1) is 21.9 Å². The second-order valence-corrected chi connectivity index (χ2v) is 13.1. The Morgan fingerprint density at radius 2 is 1.85 bits per heavy atom. The van der Waals surface area contributed by atoms with Crippen LogP contribution in [0.25, 0.3) is 28.3 Å². The molecule has 0 fully saturated rings. The largest absolute Gasteiger partial charge is 0.748 e. The van der Waals surface area contributed by atoms with Crippen molar-refractivity contribution in [1.29, 1.82) is 0 Å². The van der Waals surface area contributed by atoms with Gasteiger partial charge in [-0.15, -0.1) is 0 Å². The van der Waals surface area contributed by atoms with Crippen molar-refractivity contribution >= 4 is 50.5 Å². The van der Waals surface area contributed by atoms with Crippen LogP contribution in [0.3, 0.4) is 0 Å². The van der Waals surface area contributed by atoms with Crippen LogP contribution in [0.1, 0.15) is 52.3 Å². The molecule has 9 nitrogen and oxygen atoms in total. The predicted octanol–water partition coefficient (Wildman–Crippen LogP) is 6.81. The highest BCUT2D eigenvalue weighted by atomic mass is 35.5. The van der Waals surface area contributed by atoms with Gasteiger partial charge in [-0.3, -0.25) is 9.69 Å². The lowest BCUT2D eigenvalue weighted by molar-refractivity contribution is -0.677. The summed E-state index contributed by atoms with van der Waals surface area (Å²) in [7, 11) is -4.38. The summed E-state index contributed by atoms with van der Waals surface area (Å²) >= 11 is 6.38. The van der Waals surface area contributed by atoms with Gasteiger partial charge in [-0.05, 0) is 60.2 Å². The molecule has 4 aromatic rings. The molecule has 5 rings (SSSR count). The molecule has 2 heterocycles. The highest BCUT2D eigenvalue weighted by molar-refractivity contribution is 7.85. The van der Waals surface area contributed by atoms with Gasteiger partial charge < -0.3 is 19.0 Å². The van der Waals surface area contributed by atoms with Crippen LogP contribution in [-0.2, 0) is 21.5 Å². The molecule has 1 aromatic heterocycles. The Morgan fingerprint density at radius 3 is 2.54 bits per heavy atom. The molecule has 1 aliphatic rings. The summed E-state index contributed by atoms with van der Waals surface area (Å²) in [6.45, 7) is 6.79. The molecule has 0 saturated heterocycles. The van der Waals surface area contributed by atoms with E-state index in [0.717, 1.165) is 28.6 Å². The lowest BCUT2D eigenvalue weighted by Gasteiger charge is -2.27. The molecule has 0 saturated carbocycles. The SMILES string of the molecule is CCCNC(=O)C(CC)N1C(=CC(=Cc2oc3ccc(-c4ccccc4)cc3[n+]2CCCS(=O)(=O)[O-])CC)Oc2ccc(Cl)cc21. The summed E-state index contributed by atoms with van der Waals surface area (Å²) in [6, 6.07) is 20.6. The number of allylic oxidation sites excluding steroid dienone is 2. The molecular weight excluding hydrogens is 626 g/mol. The Morgan fingerprint density at radius 1 is 1.07 bits per heavy atom. The quantitative estimate of drug-likeness (QED) is 0.123. The smallest absolute Gasteiger partial charge is 0.374 e. The van der Waals surface area contributed by atoms with E-state index in [1.165, 1.54) is 0 Å². The van der Waals surface area contributed by atoms with Crippen LogP contribution in [0.4, 0.5) is 5.69 Å². The summed E-state index contributed by atoms with van der Waals surface area (Å²) in [5.41, 5.74) is 4.96. The molecule has 1 aliphatic heterocycles. The number of halogens is 1. The molecule has 11 heteroatoms. The summed E-state index contributed by atoms with van der Waals surface area (Å²) in [6.07, 6.45) is 5.84. The first-order valence-electron chi connectivity index (χ1n) is 15.5. The molecule has 46 heavy (non-hydrogen) atoms. The molecule has 0 aliphatic carbocycles. The van der Waals surface area contributed by atoms with Crippen molar-refractivity contribution < 1.29 is 31.5 Å². The zero-order valence-corrected chi connectivity index (χ0v) is 27.7. The van der Waals surface area contributed by atoms with Crippen molar-refractivity contribution in [2.75, 3.05) is 17.2 Å². The van der Waals surface area contributed by atoms with Gasteiger partial charge in [0.15, 0.2) is 12.3 Å². The van der Waals surface area contributed by atoms with Crippen molar-refractivity contribution in [1.82, 2.24) is 5.32 Å². The second kappa shape index (κ2) is 14.5. The number of nitrogens with one attached hydrogen (secondary N) is 1. The number of hydrogen-bond acceptors (Lipinski definition) is 7. The van der Waals surface area contributed by atoms with E-state index in [9.17, 15) is 17.8 Å². The monoisotopic (exact) mass is 663 g/mol. The van der Waals surface area contributed by atoms with Gasteiger partial charge in [-0.2, -0.15) is 4.57 Å². The van der Waals surface area contributed by atoms with E-state index in [-0.39, 0.29) is 18.9 Å². The maximum absolute atomic E-state index is 13.3. The van der Waals surface area contributed by atoms with Crippen molar-refractivity contribution in [2.45, 2.75) is 59.0 Å². The molecule has 1 unspecified atom stereocenters. The van der Waals surface area contributed by atoms with E-state index in [1.807, 2.05) is 90.9 Å². The molecule has 1 atom stereocenters. The Labute approximate surface area is 274 Å². The third-order valence-electron chi connectivity index (χ3n) is 7.82. The fourth-order valence-electron chi connectivity index (χ4n) is 5.53. The standard InChI is InChI=1S/C35H38ClN3O6S/c1-4-17-37-35(40)28(6-3)39-30-23-27(36)14-16-32(30)45-34(39)21-24(5-2)20-33-38(18-10-19-46(41,42)43)29-22-26(13-15-31(29)44-33)25-11-8-7-9-12-25/h7-9,11-16,20-23,28H,4-6,10,17-19H2,1-3H3,(H-,37,40,41,42,43). The Hall–Kier alpha value is -4.12. The van der Waals surface area contributed by atoms with Gasteiger partial charge in [0.25, 0.3) is 5.52 Å². The minimum absolute atomic E-state index is 0.105. The number of ether oxygens (including phenoxy) is 1. The van der Waals surface area contributed by atoms with Crippen molar-refractivity contribution in [3.05, 3.63) is 95.2 Å². The van der Waals surface area contributed by atoms with Crippen molar-refractivity contribution in [3.8, 4) is 16.9 Å². The van der Waals surface area contributed by atoms with Crippen LogP contribution < -0.4 is 19.5 Å². The number of oxazole rings is 1. The highest BCUT2D eigenvalue weighted by Crippen LogP contribution is 2.43. The first-order chi connectivity index (χ1) is 22.1. The van der Waals surface area contributed by atoms with Crippen LogP contribution in [0.15, 0.2) is 88.7 Å². The highest BCUT2D eigenvalue weighted by Gasteiger charge is 2.36. The van der Waals surface area contributed by atoms with E-state index in [4.69, 9.17) is 20.8 Å². The van der Waals surface area contributed by atoms with Gasteiger partial charge in [0.2, 0.25) is 17.4 Å². The van der Waals surface area contributed by atoms with Crippen LogP contribution in [-0.4, -0.2) is 37.2 Å². The lowest BCUT2D eigenvalue weighted by Crippen LogP contribution is -2.46. The molecule has 0 spiro atoms. The summed E-state index contributed by atoms with van der Waals surface area (Å²) in [4.78, 5) is 15.2. The maximum atomic E-state index is 13.3. The molecule has 1 N–H and O–H groups in total. The first kappa shape index (κ1) is 33.2. The number of amides is 1. The van der Waals surface area contributed by atoms with Gasteiger partial charge in [-0.1, -0.05) is 68.8 Å². The van der Waals surface area contributed by atoms with Crippen LogP contribution >= 0.6 is 11.6 Å². The summed E-state index contributed by atoms with van der Waals surface area (Å²) in [5.74, 6) is 0.983. The number of hydrogen-bond donors (Lipinski definition) is 1. The van der Waals surface area contributed by atoms with Gasteiger partial charge in [0.1, 0.15) is 6.04 Å². The molecule has 0 bridgehead atoms. The van der Waals surface area contributed by atoms with E-state index in [1.54, 1.807) is 18.2 Å². The first-order valence-corrected chi connectivity index (χ1v) is 17.5. The topological polar surface area (TPSA) is 116 Å². The third kappa shape index (κ3) is 7.63. The summed E-state index contributed by atoms with van der Waals surface area (Å²) in [5, 5.41) is 3.54. The van der Waals surface area contributed by atoms with Crippen LogP contribution in [0.5, 0.6) is 5.75 Å². The number of aromatic nitrogens is 1. The Balaban J connectivity index is 1.58. The normalized spacial score (nSPS) is 14.8. The van der Waals surface area contributed by atoms with Gasteiger partial charge >= 0.3 is 5.89 Å². The predicted molar refractivity (Wildman–Crippen MR) is 179 cm³/mol. The van der Waals surface area contributed by atoms with E-state index in [2.05, 4.69) is 5.32 Å². The minimum Gasteiger partial charge on any atom is -0.748 e. The number of benzene rings is 3. The van der Waals surface area contributed by atoms with Crippen molar-refractivity contribution in [3.63, 3.8) is 0 Å².